The van der Waals surface area contributed by atoms with Crippen LogP contribution in [0.25, 0.3) is 0 Å². The number of unbranched alkanes of at least 4 members (excludes halogenated alkanes) is 1. The van der Waals surface area contributed by atoms with Gasteiger partial charge >= 0.3 is 11.9 Å². The van der Waals surface area contributed by atoms with E-state index in [1.54, 1.807) is 34.0 Å². The number of guanidine groups is 2. The Morgan fingerprint density at radius 2 is 0.838 bits per heavy atom. The van der Waals surface area contributed by atoms with Crippen molar-refractivity contribution in [3.05, 3.63) is 48.0 Å². The maximum atomic E-state index is 14.8. The summed E-state index contributed by atoms with van der Waals surface area (Å²) in [6, 6.07) is -11.2. The van der Waals surface area contributed by atoms with Crippen LogP contribution in [0.1, 0.15) is 142 Å². The van der Waals surface area contributed by atoms with Crippen LogP contribution in [0.4, 0.5) is 0 Å². The number of nitrogens with two attached hydrogens (primary N) is 8. The van der Waals surface area contributed by atoms with E-state index in [9.17, 15) is 82.4 Å². The molecule has 0 spiro atoms. The number of rotatable bonds is 53. The minimum Gasteiger partial charge on any atom is -0.508 e. The predicted molar refractivity (Wildman–Crippen MR) is 387 cm³/mol. The van der Waals surface area contributed by atoms with E-state index in [2.05, 4.69) is 73.1 Å². The average molecular weight is 1500 g/mol. The number of nitrogens with one attached hydrogen (secondary N) is 11. The fourth-order valence-corrected chi connectivity index (χ4v) is 10.8. The Bertz CT molecular complexity index is 3240. The average Bonchev–Trinajstić information content (AvgIpc) is 1.17. The number of benzene rings is 1. The molecule has 105 heavy (non-hydrogen) atoms. The number of carboxylic acid groups (broad SMARTS) is 2. The Morgan fingerprint density at radius 1 is 0.467 bits per heavy atom. The van der Waals surface area contributed by atoms with E-state index in [1.807, 2.05) is 0 Å². The molecule has 0 unspecified atom stereocenters. The Morgan fingerprint density at radius 3 is 1.25 bits per heavy atom. The lowest BCUT2D eigenvalue weighted by Gasteiger charge is -2.29. The summed E-state index contributed by atoms with van der Waals surface area (Å²) < 4.78 is 0. The molecule has 2 aromatic rings. The largest absolute Gasteiger partial charge is 0.508 e. The van der Waals surface area contributed by atoms with Gasteiger partial charge in [-0.25, -0.2) is 9.78 Å². The summed E-state index contributed by atoms with van der Waals surface area (Å²) in [5, 5.41) is 55.4. The summed E-state index contributed by atoms with van der Waals surface area (Å²) in [5.74, 6) is -15.0. The van der Waals surface area contributed by atoms with E-state index in [4.69, 9.17) is 45.9 Å². The molecular weight excluding hydrogens is 1390 g/mol. The molecule has 586 valence electrons. The zero-order valence-corrected chi connectivity index (χ0v) is 60.8. The van der Waals surface area contributed by atoms with Gasteiger partial charge < -0.3 is 119 Å². The summed E-state index contributed by atoms with van der Waals surface area (Å²) in [6.07, 6.45) is 1.36. The molecule has 30 N–H and O–H groups in total. The lowest BCUT2D eigenvalue weighted by Crippen LogP contribution is -2.61. The number of nitrogens with zero attached hydrogens (tertiary/aromatic N) is 3. The summed E-state index contributed by atoms with van der Waals surface area (Å²) in [5.41, 5.74) is 45.3. The number of aromatic amines is 1. The van der Waals surface area contributed by atoms with E-state index in [0.29, 0.717) is 23.4 Å². The summed E-state index contributed by atoms with van der Waals surface area (Å²) >= 11 is 1.32. The SMILES string of the molecule is CSCC[C@H](NC(=O)[C@H](CCCN=C(N)N)NC(=O)[C@@H](N)CCC(N)=O)C(=O)N[C@@H](Cc1cnc[nH]1)C(=O)N[C@@H](CC(C)C)C(=O)N[C@@H](CCCN=C(N)N)C(=O)N[C@@H](CCC(N)=O)C(=O)N[C@@H](Cc1ccc(O)cc1)C(=O)N[C@@H](CCC(=O)O)C(=O)N[C@@H](CCCCN)C(=O)N[C@@H](CC(C)C)C(=O)O. The second-order valence-electron chi connectivity index (χ2n) is 25.9. The van der Waals surface area contributed by atoms with Crippen molar-refractivity contribution in [1.29, 1.82) is 0 Å². The van der Waals surface area contributed by atoms with Crippen molar-refractivity contribution in [2.75, 3.05) is 31.6 Å². The van der Waals surface area contributed by atoms with Crippen molar-refractivity contribution in [1.82, 2.24) is 63.1 Å². The standard InChI is InChI=1S/C65H108N22O17S/c1-34(2)28-46(84-62(102)48(31-37-32-74-33-77-37)86-59(99)45(23-27-105-5)83-54(94)41(11-8-25-75-64(70)71)78-53(93)39(67)17-20-50(68)89)60(100)80-42(12-9-26-76-65(72)73)55(95)81-43(18-21-51(69)90)58(98)85-47(30-36-13-15-38(88)16-14-36)61(101)82-44(19-22-52(91)92)57(97)79-40(10-6-7-24-66)56(96)87-49(63(103)104)29-35(3)4/h13-16,32-35,39-49,88H,6-12,17-31,66-67H2,1-5H3,(H2,68,89)(H2,69,90)(H,74,77)(H,78,93)(H,79,97)(H,80,100)(H,81,95)(H,82,101)(H,83,94)(H,84,102)(H,85,98)(H,86,99)(H,87,96)(H,91,92)(H,103,104)(H4,70,71,75)(H4,72,73,76)/t39-,40-,41-,42-,43-,44-,45-,46-,47-,48-,49-/m0/s1. The molecule has 12 amide bonds. The molecule has 1 aromatic carbocycles. The van der Waals surface area contributed by atoms with Crippen LogP contribution in [-0.2, 0) is 80.0 Å². The second kappa shape index (κ2) is 48.5. The number of primary amides is 2. The molecule has 0 saturated heterocycles. The number of aromatic nitrogens is 2. The highest BCUT2D eigenvalue weighted by Crippen LogP contribution is 2.16. The van der Waals surface area contributed by atoms with Gasteiger partial charge in [-0.05, 0) is 132 Å². The van der Waals surface area contributed by atoms with Gasteiger partial charge in [0.1, 0.15) is 66.2 Å². The smallest absolute Gasteiger partial charge is 0.326 e. The van der Waals surface area contributed by atoms with E-state index >= 15 is 0 Å². The van der Waals surface area contributed by atoms with E-state index < -0.39 is 181 Å². The maximum Gasteiger partial charge on any atom is 0.326 e. The number of hydrogen-bond donors (Lipinski definition) is 22. The Labute approximate surface area is 612 Å². The van der Waals surface area contributed by atoms with Crippen LogP contribution in [0.5, 0.6) is 5.75 Å². The third-order valence-electron chi connectivity index (χ3n) is 15.9. The number of aliphatic carboxylic acids is 2. The molecule has 0 radical (unpaired) electrons. The summed E-state index contributed by atoms with van der Waals surface area (Å²) in [6.45, 7) is 7.06. The number of hydrogen-bond acceptors (Lipinski definition) is 21. The van der Waals surface area contributed by atoms with Gasteiger partial charge in [-0.3, -0.25) is 72.3 Å². The van der Waals surface area contributed by atoms with Crippen molar-refractivity contribution in [3.8, 4) is 5.75 Å². The zero-order chi connectivity index (χ0) is 78.9. The number of phenolic OH excluding ortho intramolecular Hbond substituents is 1. The molecule has 0 aliphatic heterocycles. The van der Waals surface area contributed by atoms with Gasteiger partial charge in [-0.1, -0.05) is 39.8 Å². The number of aliphatic imine (C=N–C) groups is 2. The molecule has 0 bridgehead atoms. The van der Waals surface area contributed by atoms with Gasteiger partial charge in [0.25, 0.3) is 0 Å². The lowest BCUT2D eigenvalue weighted by atomic mass is 10.0. The van der Waals surface area contributed by atoms with Crippen LogP contribution in [0.3, 0.4) is 0 Å². The van der Waals surface area contributed by atoms with Crippen LogP contribution in [-0.4, -0.2) is 218 Å². The molecule has 40 heteroatoms. The Balaban J connectivity index is 2.68. The molecule has 0 aliphatic rings. The third kappa shape index (κ3) is 37.6. The second-order valence-corrected chi connectivity index (χ2v) is 26.9. The van der Waals surface area contributed by atoms with Crippen LogP contribution in [0.2, 0.25) is 0 Å². The summed E-state index contributed by atoms with van der Waals surface area (Å²) in [4.78, 5) is 206. The highest BCUT2D eigenvalue weighted by molar-refractivity contribution is 7.98. The van der Waals surface area contributed by atoms with Crippen LogP contribution < -0.4 is 99.0 Å². The first-order valence-corrected chi connectivity index (χ1v) is 35.8. The quantitative estimate of drug-likeness (QED) is 0.0167. The molecule has 1 heterocycles. The lowest BCUT2D eigenvalue weighted by molar-refractivity contribution is -0.143. The van der Waals surface area contributed by atoms with Crippen molar-refractivity contribution in [3.63, 3.8) is 0 Å². The van der Waals surface area contributed by atoms with Gasteiger partial charge in [-0.2, -0.15) is 11.8 Å². The van der Waals surface area contributed by atoms with Crippen LogP contribution >= 0.6 is 11.8 Å². The molecule has 0 saturated carbocycles. The molecule has 39 nitrogen and oxygen atoms in total. The van der Waals surface area contributed by atoms with Gasteiger partial charge in [0.15, 0.2) is 11.9 Å². The van der Waals surface area contributed by atoms with Gasteiger partial charge in [0, 0.05) is 57.1 Å². The number of phenols is 1. The van der Waals surface area contributed by atoms with E-state index in [-0.39, 0.29) is 126 Å². The minimum absolute atomic E-state index is 0.00704. The number of amides is 12. The molecular formula is C65H108N22O17S. The van der Waals surface area contributed by atoms with Crippen molar-refractivity contribution >= 4 is 107 Å². The van der Waals surface area contributed by atoms with Gasteiger partial charge in [0.05, 0.1) is 12.4 Å². The van der Waals surface area contributed by atoms with E-state index in [1.165, 1.54) is 48.6 Å². The molecule has 11 atom stereocenters. The third-order valence-corrected chi connectivity index (χ3v) is 16.5. The fourth-order valence-electron chi connectivity index (χ4n) is 10.4. The molecule has 0 aliphatic carbocycles. The topological polar surface area (TPSA) is 682 Å². The van der Waals surface area contributed by atoms with Crippen LogP contribution in [0, 0.1) is 11.8 Å². The fraction of sp³-hybridized carbons (Fsp3) is 0.615. The first-order chi connectivity index (χ1) is 49.5. The molecule has 0 fully saturated rings. The van der Waals surface area contributed by atoms with Crippen molar-refractivity contribution < 1.29 is 82.4 Å². The van der Waals surface area contributed by atoms with E-state index in [0.717, 1.165) is 0 Å². The number of carbonyl (C=O) groups excluding carboxylic acids is 12. The monoisotopic (exact) mass is 1500 g/mol. The molecule has 1 aromatic heterocycles. The number of imidazole rings is 1. The summed E-state index contributed by atoms with van der Waals surface area (Å²) in [7, 11) is 0. The minimum atomic E-state index is -1.76. The number of H-pyrrole nitrogens is 1. The number of carboxylic acids is 2. The highest BCUT2D eigenvalue weighted by Gasteiger charge is 2.37. The Hall–Kier alpha value is -10.4. The number of aromatic hydroxyl groups is 1. The normalized spacial score (nSPS) is 14.2. The number of thioether (sulfide) groups is 1. The number of carbonyl (C=O) groups is 14. The zero-order valence-electron chi connectivity index (χ0n) is 60.0. The van der Waals surface area contributed by atoms with Crippen LogP contribution in [0.15, 0.2) is 46.8 Å². The van der Waals surface area contributed by atoms with Crippen molar-refractivity contribution in [2.24, 2.45) is 67.7 Å². The molecule has 2 rings (SSSR count). The predicted octanol–water partition coefficient (Wildman–Crippen LogP) is -5.36. The van der Waals surface area contributed by atoms with Gasteiger partial charge in [-0.15, -0.1) is 0 Å². The van der Waals surface area contributed by atoms with Crippen molar-refractivity contribution in [2.45, 2.75) is 210 Å². The highest BCUT2D eigenvalue weighted by atomic mass is 32.2. The first kappa shape index (κ1) is 90.7. The maximum absolute atomic E-state index is 14.8. The first-order valence-electron chi connectivity index (χ1n) is 34.4. The Kier molecular flexibility index (Phi) is 41.9. The van der Waals surface area contributed by atoms with Gasteiger partial charge in [0.2, 0.25) is 70.9 Å².